The molecule has 1 aromatic carbocycles. The summed E-state index contributed by atoms with van der Waals surface area (Å²) in [5.41, 5.74) is 8.12. The van der Waals surface area contributed by atoms with Crippen LogP contribution in [0.2, 0.25) is 0 Å². The van der Waals surface area contributed by atoms with Gasteiger partial charge in [0.2, 0.25) is 0 Å². The number of rotatable bonds is 0. The van der Waals surface area contributed by atoms with E-state index < -0.39 is 0 Å². The van der Waals surface area contributed by atoms with Gasteiger partial charge in [0.05, 0.1) is 13.2 Å². The van der Waals surface area contributed by atoms with Crippen LogP contribution in [0.15, 0.2) is 0 Å². The highest BCUT2D eigenvalue weighted by Gasteiger charge is 2.30. The van der Waals surface area contributed by atoms with Crippen molar-refractivity contribution in [3.8, 4) is 17.2 Å². The maximum absolute atomic E-state index is 9.94. The first-order valence-electron chi connectivity index (χ1n) is 4.70. The molecule has 0 spiro atoms. The molecule has 0 aliphatic carbocycles. The van der Waals surface area contributed by atoms with Gasteiger partial charge in [0, 0.05) is 24.0 Å². The predicted molar refractivity (Wildman–Crippen MR) is 50.9 cm³/mol. The lowest BCUT2D eigenvalue weighted by atomic mass is 10.0. The highest BCUT2D eigenvalue weighted by molar-refractivity contribution is 5.75. The van der Waals surface area contributed by atoms with E-state index in [4.69, 9.17) is 15.2 Å². The summed E-state index contributed by atoms with van der Waals surface area (Å²) >= 11 is 0. The number of hydrogen-bond donors (Lipinski definition) is 2. The van der Waals surface area contributed by atoms with E-state index in [2.05, 4.69) is 0 Å². The monoisotopic (exact) mass is 193 g/mol. The number of fused-ring (bicyclic) bond motifs is 2. The normalized spacial score (nSPS) is 17.1. The highest BCUT2D eigenvalue weighted by Crippen LogP contribution is 2.49. The third-order valence-corrected chi connectivity index (χ3v) is 2.81. The molecule has 2 heterocycles. The fourth-order valence-corrected chi connectivity index (χ4v) is 2.13. The van der Waals surface area contributed by atoms with Gasteiger partial charge in [-0.3, -0.25) is 0 Å². The lowest BCUT2D eigenvalue weighted by molar-refractivity contribution is 0.345. The number of phenols is 1. The third kappa shape index (κ3) is 0.780. The van der Waals surface area contributed by atoms with Crippen LogP contribution in [0, 0.1) is 0 Å². The van der Waals surface area contributed by atoms with Crippen LogP contribution in [-0.4, -0.2) is 18.3 Å². The van der Waals surface area contributed by atoms with Crippen LogP contribution in [0.3, 0.4) is 0 Å². The molecular weight excluding hydrogens is 182 g/mol. The van der Waals surface area contributed by atoms with Crippen molar-refractivity contribution in [2.24, 2.45) is 0 Å². The maximum atomic E-state index is 9.94. The summed E-state index contributed by atoms with van der Waals surface area (Å²) in [7, 11) is 0. The van der Waals surface area contributed by atoms with Gasteiger partial charge in [0.25, 0.3) is 0 Å². The zero-order valence-electron chi connectivity index (χ0n) is 7.67. The van der Waals surface area contributed by atoms with E-state index in [1.807, 2.05) is 0 Å². The number of aromatic hydroxyl groups is 1. The third-order valence-electron chi connectivity index (χ3n) is 2.81. The van der Waals surface area contributed by atoms with E-state index in [9.17, 15) is 5.11 Å². The Balaban J connectivity index is 2.33. The van der Waals surface area contributed by atoms with Gasteiger partial charge in [-0.2, -0.15) is 0 Å². The van der Waals surface area contributed by atoms with Gasteiger partial charge in [0.1, 0.15) is 11.4 Å². The molecule has 3 rings (SSSR count). The topological polar surface area (TPSA) is 64.7 Å². The Bertz CT molecular complexity index is 342. The van der Waals surface area contributed by atoms with Crippen LogP contribution in [0.4, 0.5) is 5.69 Å². The number of ether oxygens (including phenoxy) is 2. The maximum Gasteiger partial charge on any atom is 0.153 e. The number of hydrogen-bond acceptors (Lipinski definition) is 4. The average Bonchev–Trinajstić information content (AvgIpc) is 2.82. The van der Waals surface area contributed by atoms with Crippen LogP contribution < -0.4 is 15.2 Å². The summed E-state index contributed by atoms with van der Waals surface area (Å²) in [6, 6.07) is 0. The molecule has 0 unspecified atom stereocenters. The molecule has 0 radical (unpaired) electrons. The molecule has 0 saturated carbocycles. The quantitative estimate of drug-likeness (QED) is 0.473. The van der Waals surface area contributed by atoms with Gasteiger partial charge in [-0.1, -0.05) is 0 Å². The summed E-state index contributed by atoms with van der Waals surface area (Å²) in [6.07, 6.45) is 1.47. The average molecular weight is 193 g/mol. The zero-order chi connectivity index (χ0) is 9.71. The Labute approximate surface area is 81.2 Å². The molecule has 0 fully saturated rings. The van der Waals surface area contributed by atoms with E-state index in [0.29, 0.717) is 36.1 Å². The highest BCUT2D eigenvalue weighted by atomic mass is 16.5. The van der Waals surface area contributed by atoms with E-state index in [0.717, 1.165) is 24.0 Å². The first-order chi connectivity index (χ1) is 6.79. The number of nitrogen functional groups attached to an aromatic ring is 1. The van der Waals surface area contributed by atoms with Crippen LogP contribution >= 0.6 is 0 Å². The Morgan fingerprint density at radius 3 is 2.00 bits per heavy atom. The van der Waals surface area contributed by atoms with Crippen molar-refractivity contribution >= 4 is 5.69 Å². The second-order valence-corrected chi connectivity index (χ2v) is 3.57. The van der Waals surface area contributed by atoms with Gasteiger partial charge in [-0.15, -0.1) is 0 Å². The van der Waals surface area contributed by atoms with E-state index in [1.54, 1.807) is 0 Å². The van der Waals surface area contributed by atoms with Gasteiger partial charge >= 0.3 is 0 Å². The summed E-state index contributed by atoms with van der Waals surface area (Å²) in [6.45, 7) is 1.19. The molecule has 74 valence electrons. The van der Waals surface area contributed by atoms with Gasteiger partial charge in [0.15, 0.2) is 11.5 Å². The van der Waals surface area contributed by atoms with Gasteiger partial charge in [-0.25, -0.2) is 0 Å². The van der Waals surface area contributed by atoms with Crippen molar-refractivity contribution in [3.05, 3.63) is 11.1 Å². The van der Waals surface area contributed by atoms with Crippen molar-refractivity contribution < 1.29 is 14.6 Å². The summed E-state index contributed by atoms with van der Waals surface area (Å²) in [5, 5.41) is 9.94. The molecule has 2 aliphatic rings. The second kappa shape index (κ2) is 2.47. The standard InChI is InChI=1S/C10H11NO3/c11-7-9-5(1-3-13-9)8(12)6-2-4-14-10(6)7/h12H,1-4,11H2. The van der Waals surface area contributed by atoms with E-state index >= 15 is 0 Å². The largest absolute Gasteiger partial charge is 0.507 e. The van der Waals surface area contributed by atoms with Gasteiger partial charge < -0.3 is 20.3 Å². The molecule has 0 aromatic heterocycles. The minimum absolute atomic E-state index is 0.319. The molecule has 4 heteroatoms. The fraction of sp³-hybridized carbons (Fsp3) is 0.400. The number of benzene rings is 1. The minimum Gasteiger partial charge on any atom is -0.507 e. The molecule has 0 amide bonds. The van der Waals surface area contributed by atoms with Gasteiger partial charge in [-0.05, 0) is 0 Å². The Morgan fingerprint density at radius 1 is 1.00 bits per heavy atom. The van der Waals surface area contributed by atoms with E-state index in [1.165, 1.54) is 0 Å². The van der Waals surface area contributed by atoms with Crippen molar-refractivity contribution in [1.82, 2.24) is 0 Å². The number of anilines is 1. The van der Waals surface area contributed by atoms with Crippen molar-refractivity contribution in [1.29, 1.82) is 0 Å². The molecule has 14 heavy (non-hydrogen) atoms. The molecule has 1 aromatic rings. The fourth-order valence-electron chi connectivity index (χ4n) is 2.13. The molecule has 0 bridgehead atoms. The first kappa shape index (κ1) is 7.79. The first-order valence-corrected chi connectivity index (χ1v) is 4.70. The lowest BCUT2D eigenvalue weighted by Crippen LogP contribution is -1.96. The molecule has 3 N–H and O–H groups in total. The smallest absolute Gasteiger partial charge is 0.153 e. The second-order valence-electron chi connectivity index (χ2n) is 3.57. The minimum atomic E-state index is 0.319. The number of phenolic OH excluding ortho intramolecular Hbond substituents is 1. The Morgan fingerprint density at radius 2 is 1.50 bits per heavy atom. The molecule has 0 atom stereocenters. The zero-order valence-corrected chi connectivity index (χ0v) is 7.67. The van der Waals surface area contributed by atoms with Crippen LogP contribution in [0.5, 0.6) is 17.2 Å². The van der Waals surface area contributed by atoms with Crippen LogP contribution in [0.25, 0.3) is 0 Å². The Hall–Kier alpha value is -1.58. The van der Waals surface area contributed by atoms with Crippen LogP contribution in [0.1, 0.15) is 11.1 Å². The molecule has 2 aliphatic heterocycles. The predicted octanol–water partition coefficient (Wildman–Crippen LogP) is 0.844. The summed E-state index contributed by atoms with van der Waals surface area (Å²) in [5.74, 6) is 1.55. The van der Waals surface area contributed by atoms with Crippen LogP contribution in [-0.2, 0) is 12.8 Å². The van der Waals surface area contributed by atoms with Crippen molar-refractivity contribution in [2.75, 3.05) is 18.9 Å². The molecule has 4 nitrogen and oxygen atoms in total. The number of nitrogens with two attached hydrogens (primary N) is 1. The summed E-state index contributed by atoms with van der Waals surface area (Å²) in [4.78, 5) is 0. The van der Waals surface area contributed by atoms with Crippen molar-refractivity contribution in [2.45, 2.75) is 12.8 Å². The summed E-state index contributed by atoms with van der Waals surface area (Å²) < 4.78 is 10.7. The SMILES string of the molecule is Nc1c2c(c(O)c3c1OCC3)CCO2. The molecule has 0 saturated heterocycles. The van der Waals surface area contributed by atoms with Crippen molar-refractivity contribution in [3.63, 3.8) is 0 Å². The van der Waals surface area contributed by atoms with E-state index in [-0.39, 0.29) is 0 Å². The lowest BCUT2D eigenvalue weighted by Gasteiger charge is -2.10. The Kier molecular flexibility index (Phi) is 1.37. The molecular formula is C10H11NO3.